The standard InChI is InChI=1S/C31H31ClN4O6S/c1-31(2,3)42-23-15-19(22(37)16-26(39)40)8-11-21(23)29-34-27(24-5-4-14-43-24)28(18-6-9-20(32)10-7-18)36(29)30(41)35-13-12-33-25(38)17-35/h4-11,14-15,27-28H,12-13,16-17H2,1-3H3,(H,33,38)(H,39,40). The van der Waals surface area contributed by atoms with Gasteiger partial charge in [0.15, 0.2) is 5.78 Å². The first-order valence-electron chi connectivity index (χ1n) is 13.7. The smallest absolute Gasteiger partial charge is 0.326 e. The van der Waals surface area contributed by atoms with E-state index in [0.29, 0.717) is 29.5 Å². The van der Waals surface area contributed by atoms with Crippen LogP contribution in [0.2, 0.25) is 5.02 Å². The molecule has 1 fully saturated rings. The van der Waals surface area contributed by atoms with E-state index in [1.165, 1.54) is 28.4 Å². The van der Waals surface area contributed by atoms with Crippen LogP contribution >= 0.6 is 22.9 Å². The number of piperazine rings is 1. The molecule has 0 aliphatic carbocycles. The highest BCUT2D eigenvalue weighted by atomic mass is 35.5. The average Bonchev–Trinajstić information content (AvgIpc) is 3.60. The second kappa shape index (κ2) is 12.2. The SMILES string of the molecule is CC(C)(C)Oc1cc(C(=O)CC(=O)O)ccc1C1=NC(c2cccs2)C(c2ccc(Cl)cc2)N1C(=O)N1CCNC(=O)C1. The Hall–Kier alpha value is -4.22. The summed E-state index contributed by atoms with van der Waals surface area (Å²) < 4.78 is 6.30. The lowest BCUT2D eigenvalue weighted by Gasteiger charge is -2.36. The maximum atomic E-state index is 14.4. The zero-order valence-corrected chi connectivity index (χ0v) is 25.4. The van der Waals surface area contributed by atoms with Gasteiger partial charge < -0.3 is 20.1 Å². The van der Waals surface area contributed by atoms with E-state index in [4.69, 9.17) is 21.3 Å². The average molecular weight is 623 g/mol. The van der Waals surface area contributed by atoms with Crippen LogP contribution in [0.3, 0.4) is 0 Å². The Kier molecular flexibility index (Phi) is 8.57. The minimum atomic E-state index is -1.24. The van der Waals surface area contributed by atoms with Crippen LogP contribution in [0.4, 0.5) is 4.79 Å². The first-order chi connectivity index (χ1) is 20.4. The van der Waals surface area contributed by atoms with Crippen molar-refractivity contribution >= 4 is 52.5 Å². The number of benzene rings is 2. The number of hydrogen-bond donors (Lipinski definition) is 2. The number of ketones is 1. The molecule has 1 saturated heterocycles. The molecule has 2 aliphatic rings. The molecule has 0 spiro atoms. The lowest BCUT2D eigenvalue weighted by Crippen LogP contribution is -2.55. The monoisotopic (exact) mass is 622 g/mol. The van der Waals surface area contributed by atoms with Crippen molar-refractivity contribution in [2.45, 2.75) is 44.9 Å². The van der Waals surface area contributed by atoms with Gasteiger partial charge in [0, 0.05) is 28.6 Å². The lowest BCUT2D eigenvalue weighted by molar-refractivity contribution is -0.136. The van der Waals surface area contributed by atoms with Gasteiger partial charge in [0.25, 0.3) is 0 Å². The predicted octanol–water partition coefficient (Wildman–Crippen LogP) is 5.33. The summed E-state index contributed by atoms with van der Waals surface area (Å²) >= 11 is 7.74. The molecular formula is C31H31ClN4O6S. The Balaban J connectivity index is 1.69. The number of carboxylic acids is 1. The number of hydrogen-bond acceptors (Lipinski definition) is 7. The van der Waals surface area contributed by atoms with Crippen LogP contribution in [0.5, 0.6) is 5.75 Å². The third-order valence-corrected chi connectivity index (χ3v) is 8.10. The van der Waals surface area contributed by atoms with Gasteiger partial charge in [0.1, 0.15) is 36.2 Å². The van der Waals surface area contributed by atoms with E-state index < -0.39 is 41.9 Å². The third kappa shape index (κ3) is 6.73. The molecular weight excluding hydrogens is 592 g/mol. The molecule has 0 saturated carbocycles. The first kappa shape index (κ1) is 30.2. The van der Waals surface area contributed by atoms with Gasteiger partial charge >= 0.3 is 12.0 Å². The number of carboxylic acid groups (broad SMARTS) is 1. The van der Waals surface area contributed by atoms with Crippen LogP contribution in [0.25, 0.3) is 0 Å². The van der Waals surface area contributed by atoms with E-state index in [1.807, 2.05) is 50.4 Å². The van der Waals surface area contributed by atoms with Crippen LogP contribution in [-0.2, 0) is 9.59 Å². The van der Waals surface area contributed by atoms with Gasteiger partial charge in [-0.2, -0.15) is 0 Å². The van der Waals surface area contributed by atoms with E-state index >= 15 is 0 Å². The van der Waals surface area contributed by atoms with Gasteiger partial charge in [-0.3, -0.25) is 24.3 Å². The fourth-order valence-corrected chi connectivity index (χ4v) is 6.02. The van der Waals surface area contributed by atoms with E-state index in [9.17, 15) is 24.3 Å². The quantitative estimate of drug-likeness (QED) is 0.271. The number of ether oxygens (including phenoxy) is 1. The Morgan fingerprint density at radius 1 is 1.14 bits per heavy atom. The first-order valence-corrected chi connectivity index (χ1v) is 15.0. The number of carbonyl (C=O) groups excluding carboxylic acids is 3. The molecule has 1 aromatic heterocycles. The third-order valence-electron chi connectivity index (χ3n) is 6.90. The van der Waals surface area contributed by atoms with Crippen molar-refractivity contribution < 1.29 is 29.0 Å². The Morgan fingerprint density at radius 3 is 2.51 bits per heavy atom. The van der Waals surface area contributed by atoms with Crippen molar-refractivity contribution in [1.29, 1.82) is 0 Å². The number of nitrogens with zero attached hydrogens (tertiary/aromatic N) is 3. The number of rotatable bonds is 7. The van der Waals surface area contributed by atoms with Crippen LogP contribution < -0.4 is 10.1 Å². The van der Waals surface area contributed by atoms with Crippen LogP contribution in [0, 0.1) is 0 Å². The number of Topliss-reactive ketones (excluding diaryl/α,β-unsaturated/α-hetero) is 1. The molecule has 3 amide bonds. The molecule has 3 aromatic rings. The fraction of sp³-hybridized carbons (Fsp3) is 0.323. The lowest BCUT2D eigenvalue weighted by atomic mass is 9.97. The van der Waals surface area contributed by atoms with Crippen LogP contribution in [0.15, 0.2) is 65.0 Å². The van der Waals surface area contributed by atoms with Crippen molar-refractivity contribution in [1.82, 2.24) is 15.1 Å². The molecule has 3 heterocycles. The molecule has 0 radical (unpaired) electrons. The fourth-order valence-electron chi connectivity index (χ4n) is 5.10. The molecule has 5 rings (SSSR count). The summed E-state index contributed by atoms with van der Waals surface area (Å²) in [5.74, 6) is -1.48. The van der Waals surface area contributed by atoms with E-state index in [2.05, 4.69) is 5.32 Å². The number of carbonyl (C=O) groups is 4. The number of thiophene rings is 1. The summed E-state index contributed by atoms with van der Waals surface area (Å²) in [5, 5.41) is 14.4. The van der Waals surface area contributed by atoms with Gasteiger partial charge in [0.2, 0.25) is 5.91 Å². The molecule has 2 atom stereocenters. The highest BCUT2D eigenvalue weighted by Crippen LogP contribution is 2.46. The second-order valence-corrected chi connectivity index (χ2v) is 12.7. The number of amidine groups is 1. The van der Waals surface area contributed by atoms with Crippen molar-refractivity contribution in [3.05, 3.63) is 86.6 Å². The van der Waals surface area contributed by atoms with Crippen molar-refractivity contribution in [2.75, 3.05) is 19.6 Å². The van der Waals surface area contributed by atoms with Crippen molar-refractivity contribution in [3.8, 4) is 5.75 Å². The summed E-state index contributed by atoms with van der Waals surface area (Å²) in [5.41, 5.74) is 0.710. The number of urea groups is 1. The Labute approximate surface area is 257 Å². The summed E-state index contributed by atoms with van der Waals surface area (Å²) in [6, 6.07) is 14.3. The summed E-state index contributed by atoms with van der Waals surface area (Å²) in [6.07, 6.45) is -0.671. The van der Waals surface area contributed by atoms with Crippen LogP contribution in [-0.4, -0.2) is 69.7 Å². The molecule has 2 unspecified atom stereocenters. The molecule has 224 valence electrons. The highest BCUT2D eigenvalue weighted by Gasteiger charge is 2.45. The van der Waals surface area contributed by atoms with Gasteiger partial charge in [-0.15, -0.1) is 11.3 Å². The van der Waals surface area contributed by atoms with E-state index in [1.54, 1.807) is 23.1 Å². The maximum Gasteiger partial charge on any atom is 0.326 e. The van der Waals surface area contributed by atoms with Crippen molar-refractivity contribution in [3.63, 3.8) is 0 Å². The highest BCUT2D eigenvalue weighted by molar-refractivity contribution is 7.10. The number of aliphatic carboxylic acids is 1. The van der Waals surface area contributed by atoms with Gasteiger partial charge in [0.05, 0.1) is 11.6 Å². The molecule has 2 N–H and O–H groups in total. The van der Waals surface area contributed by atoms with E-state index in [0.717, 1.165) is 10.4 Å². The number of aliphatic imine (C=N–C) groups is 1. The summed E-state index contributed by atoms with van der Waals surface area (Å²) in [4.78, 5) is 59.8. The normalized spacial score (nSPS) is 18.7. The summed E-state index contributed by atoms with van der Waals surface area (Å²) in [6.45, 7) is 6.08. The minimum absolute atomic E-state index is 0.104. The zero-order valence-electron chi connectivity index (χ0n) is 23.9. The number of halogens is 1. The van der Waals surface area contributed by atoms with Gasteiger partial charge in [-0.25, -0.2) is 4.79 Å². The van der Waals surface area contributed by atoms with E-state index in [-0.39, 0.29) is 23.8 Å². The van der Waals surface area contributed by atoms with Gasteiger partial charge in [-0.1, -0.05) is 35.9 Å². The van der Waals surface area contributed by atoms with Crippen molar-refractivity contribution in [2.24, 2.45) is 4.99 Å². The summed E-state index contributed by atoms with van der Waals surface area (Å²) in [7, 11) is 0. The van der Waals surface area contributed by atoms with Crippen LogP contribution in [0.1, 0.15) is 65.6 Å². The molecule has 0 bridgehead atoms. The topological polar surface area (TPSA) is 129 Å². The Morgan fingerprint density at radius 2 is 1.88 bits per heavy atom. The molecule has 2 aliphatic heterocycles. The predicted molar refractivity (Wildman–Crippen MR) is 163 cm³/mol. The zero-order chi connectivity index (χ0) is 30.9. The number of amides is 3. The van der Waals surface area contributed by atoms with Gasteiger partial charge in [-0.05, 0) is 62.0 Å². The molecule has 10 nitrogen and oxygen atoms in total. The molecule has 43 heavy (non-hydrogen) atoms. The number of nitrogens with one attached hydrogen (secondary N) is 1. The maximum absolute atomic E-state index is 14.4. The second-order valence-electron chi connectivity index (χ2n) is 11.3. The largest absolute Gasteiger partial charge is 0.487 e. The minimum Gasteiger partial charge on any atom is -0.487 e. The Bertz CT molecular complexity index is 1580. The molecule has 12 heteroatoms. The molecule has 2 aromatic carbocycles.